The van der Waals surface area contributed by atoms with Gasteiger partial charge in [0, 0.05) is 37.9 Å². The molecule has 0 saturated carbocycles. The van der Waals surface area contributed by atoms with Gasteiger partial charge in [0.2, 0.25) is 0 Å². The van der Waals surface area contributed by atoms with Crippen molar-refractivity contribution in [3.63, 3.8) is 0 Å². The molecule has 11 aromatic rings. The molecule has 0 unspecified atom stereocenters. The lowest BCUT2D eigenvalue weighted by Crippen LogP contribution is -1.95. The van der Waals surface area contributed by atoms with Gasteiger partial charge in [-0.15, -0.1) is 0 Å². The molecule has 0 fully saturated rings. The average Bonchev–Trinajstić information content (AvgIpc) is 3.80. The van der Waals surface area contributed by atoms with Crippen molar-refractivity contribution in [2.24, 2.45) is 0 Å². The lowest BCUT2D eigenvalue weighted by molar-refractivity contribution is 1.23. The van der Waals surface area contributed by atoms with Gasteiger partial charge < -0.3 is 4.57 Å². The number of fused-ring (bicyclic) bond motifs is 9. The number of thiophene rings is 1. The molecule has 4 heterocycles. The Labute approximate surface area is 274 Å². The van der Waals surface area contributed by atoms with E-state index in [4.69, 9.17) is 0 Å². The van der Waals surface area contributed by atoms with Crippen LogP contribution in [0.2, 0.25) is 0 Å². The van der Waals surface area contributed by atoms with E-state index in [2.05, 4.69) is 167 Å². The molecule has 47 heavy (non-hydrogen) atoms. The second-order valence-corrected chi connectivity index (χ2v) is 13.4. The molecule has 0 spiro atoms. The van der Waals surface area contributed by atoms with Crippen molar-refractivity contribution < 1.29 is 0 Å². The van der Waals surface area contributed by atoms with Crippen LogP contribution in [0.3, 0.4) is 0 Å². The molecule has 0 N–H and O–H groups in total. The van der Waals surface area contributed by atoms with Crippen LogP contribution in [0.5, 0.6) is 0 Å². The summed E-state index contributed by atoms with van der Waals surface area (Å²) in [4.78, 5) is 1.28. The quantitative estimate of drug-likeness (QED) is 0.187. The minimum absolute atomic E-state index is 1.22. The van der Waals surface area contributed by atoms with Gasteiger partial charge in [-0.2, -0.15) is 0 Å². The smallest absolute Gasteiger partial charge is 0.111 e. The first-order valence-electron chi connectivity index (χ1n) is 16.1. The molecule has 0 bridgehead atoms. The molecule has 0 saturated heterocycles. The Balaban J connectivity index is 1.44. The Morgan fingerprint density at radius 3 is 1.74 bits per heavy atom. The van der Waals surface area contributed by atoms with Gasteiger partial charge in [0.15, 0.2) is 0 Å². The zero-order valence-electron chi connectivity index (χ0n) is 25.3. The topological polar surface area (TPSA) is 9.34 Å². The summed E-state index contributed by atoms with van der Waals surface area (Å²) < 4.78 is 5.09. The summed E-state index contributed by atoms with van der Waals surface area (Å²) in [7, 11) is 0. The van der Waals surface area contributed by atoms with E-state index >= 15 is 0 Å². The number of benzene rings is 7. The average molecular weight is 615 g/mol. The van der Waals surface area contributed by atoms with E-state index in [1.54, 1.807) is 0 Å². The molecule has 0 atom stereocenters. The van der Waals surface area contributed by atoms with Crippen LogP contribution in [0.25, 0.3) is 97.2 Å². The maximum absolute atomic E-state index is 2.56. The molecule has 4 aromatic heterocycles. The van der Waals surface area contributed by atoms with Gasteiger partial charge in [0.1, 0.15) is 9.83 Å². The SMILES string of the molecule is c1ccc(-c2ccccc2-c2c(-n3c4ccccc4c4ccccc43)sc3c2c2cccc4ccc5c6ccccc6n3c5c42)cc1. The summed E-state index contributed by atoms with van der Waals surface area (Å²) >= 11 is 1.91. The molecule has 0 aliphatic carbocycles. The Morgan fingerprint density at radius 2 is 1.00 bits per heavy atom. The van der Waals surface area contributed by atoms with Crippen LogP contribution in [0, 0.1) is 0 Å². The lowest BCUT2D eigenvalue weighted by Gasteiger charge is -2.15. The zero-order chi connectivity index (χ0) is 30.6. The third kappa shape index (κ3) is 3.29. The Bertz CT molecular complexity index is 2960. The van der Waals surface area contributed by atoms with Crippen molar-refractivity contribution in [2.75, 3.05) is 0 Å². The number of hydrogen-bond donors (Lipinski definition) is 0. The van der Waals surface area contributed by atoms with E-state index in [0.29, 0.717) is 0 Å². The van der Waals surface area contributed by atoms with E-state index in [1.807, 2.05) is 11.3 Å². The van der Waals surface area contributed by atoms with Crippen LogP contribution >= 0.6 is 11.3 Å². The molecule has 0 aliphatic heterocycles. The fourth-order valence-corrected chi connectivity index (χ4v) is 9.56. The Hall–Kier alpha value is -5.90. The molecular weight excluding hydrogens is 589 g/mol. The summed E-state index contributed by atoms with van der Waals surface area (Å²) in [6.45, 7) is 0. The van der Waals surface area contributed by atoms with Crippen LogP contribution in [0.1, 0.15) is 0 Å². The van der Waals surface area contributed by atoms with E-state index in [0.717, 1.165) is 0 Å². The third-order valence-electron chi connectivity index (χ3n) is 10.1. The highest BCUT2D eigenvalue weighted by Crippen LogP contribution is 2.52. The third-order valence-corrected chi connectivity index (χ3v) is 11.2. The van der Waals surface area contributed by atoms with Crippen LogP contribution in [0.15, 0.2) is 158 Å². The molecule has 11 rings (SSSR count). The minimum atomic E-state index is 1.22. The van der Waals surface area contributed by atoms with Crippen molar-refractivity contribution >= 4 is 81.3 Å². The molecule has 218 valence electrons. The summed E-state index contributed by atoms with van der Waals surface area (Å²) in [5.41, 5.74) is 10.0. The number of pyridine rings is 1. The summed E-state index contributed by atoms with van der Waals surface area (Å²) in [5.74, 6) is 0. The standard InChI is InChI=1S/C44H26N2S/c1-2-13-27(14-3-1)29-16-4-5-20-33(29)40-41-35-21-12-15-28-25-26-34-32-19-8-11-24-38(32)46(42(34)39(28)35)44(41)47-43(40)45-36-22-9-6-17-30(36)31-18-7-10-23-37(31)45/h1-26H. The summed E-state index contributed by atoms with van der Waals surface area (Å²) in [6.07, 6.45) is 0. The highest BCUT2D eigenvalue weighted by Gasteiger charge is 2.27. The Kier molecular flexibility index (Phi) is 5.02. The van der Waals surface area contributed by atoms with Crippen LogP contribution in [-0.2, 0) is 0 Å². The largest absolute Gasteiger partial charge is 0.300 e. The predicted molar refractivity (Wildman–Crippen MR) is 202 cm³/mol. The van der Waals surface area contributed by atoms with Crippen molar-refractivity contribution in [2.45, 2.75) is 0 Å². The molecule has 7 aromatic carbocycles. The number of rotatable bonds is 3. The predicted octanol–water partition coefficient (Wildman–Crippen LogP) is 12.5. The van der Waals surface area contributed by atoms with Crippen molar-refractivity contribution in [3.8, 4) is 27.3 Å². The number of hydrogen-bond acceptors (Lipinski definition) is 1. The van der Waals surface area contributed by atoms with E-state index < -0.39 is 0 Å². The molecule has 0 aliphatic rings. The first-order chi connectivity index (χ1) is 23.4. The Morgan fingerprint density at radius 1 is 0.404 bits per heavy atom. The molecule has 0 radical (unpaired) electrons. The highest BCUT2D eigenvalue weighted by atomic mass is 32.1. The summed E-state index contributed by atoms with van der Waals surface area (Å²) in [5, 5.41) is 11.6. The zero-order valence-corrected chi connectivity index (χ0v) is 26.1. The second-order valence-electron chi connectivity index (χ2n) is 12.5. The van der Waals surface area contributed by atoms with Gasteiger partial charge in [0.25, 0.3) is 0 Å². The van der Waals surface area contributed by atoms with Crippen molar-refractivity contribution in [3.05, 3.63) is 158 Å². The molecular formula is C44H26N2S. The van der Waals surface area contributed by atoms with Crippen LogP contribution < -0.4 is 0 Å². The molecule has 0 amide bonds. The monoisotopic (exact) mass is 614 g/mol. The van der Waals surface area contributed by atoms with Crippen LogP contribution in [0.4, 0.5) is 0 Å². The fraction of sp³-hybridized carbons (Fsp3) is 0. The number of para-hydroxylation sites is 3. The van der Waals surface area contributed by atoms with E-state index in [-0.39, 0.29) is 0 Å². The maximum atomic E-state index is 2.56. The number of aromatic nitrogens is 2. The normalized spacial score (nSPS) is 12.3. The van der Waals surface area contributed by atoms with Crippen molar-refractivity contribution in [1.82, 2.24) is 8.97 Å². The van der Waals surface area contributed by atoms with Gasteiger partial charge in [-0.3, -0.25) is 4.40 Å². The van der Waals surface area contributed by atoms with Gasteiger partial charge in [0.05, 0.1) is 22.1 Å². The van der Waals surface area contributed by atoms with E-state index in [1.165, 1.54) is 97.2 Å². The fourth-order valence-electron chi connectivity index (χ4n) is 8.18. The number of nitrogens with zero attached hydrogens (tertiary/aromatic N) is 2. The first kappa shape index (κ1) is 25.3. The van der Waals surface area contributed by atoms with Gasteiger partial charge >= 0.3 is 0 Å². The van der Waals surface area contributed by atoms with Gasteiger partial charge in [-0.05, 0) is 45.7 Å². The minimum Gasteiger partial charge on any atom is -0.300 e. The first-order valence-corrected chi connectivity index (χ1v) is 16.9. The van der Waals surface area contributed by atoms with Gasteiger partial charge in [-0.1, -0.05) is 151 Å². The van der Waals surface area contributed by atoms with Crippen LogP contribution in [-0.4, -0.2) is 8.97 Å². The van der Waals surface area contributed by atoms with E-state index in [9.17, 15) is 0 Å². The highest BCUT2D eigenvalue weighted by molar-refractivity contribution is 7.22. The lowest BCUT2D eigenvalue weighted by atomic mass is 9.91. The molecule has 2 nitrogen and oxygen atoms in total. The molecule has 3 heteroatoms. The van der Waals surface area contributed by atoms with Crippen molar-refractivity contribution in [1.29, 1.82) is 0 Å². The van der Waals surface area contributed by atoms with Gasteiger partial charge in [-0.25, -0.2) is 0 Å². The second kappa shape index (κ2) is 9.32. The maximum Gasteiger partial charge on any atom is 0.111 e. The summed E-state index contributed by atoms with van der Waals surface area (Å²) in [6, 6.07) is 57.9.